The van der Waals surface area contributed by atoms with E-state index in [1.165, 1.54) is 12.2 Å². The van der Waals surface area contributed by atoms with Gasteiger partial charge in [0.2, 0.25) is 0 Å². The normalized spacial score (nSPS) is 19.2. The van der Waals surface area contributed by atoms with E-state index in [1.54, 1.807) is 0 Å². The van der Waals surface area contributed by atoms with Crippen LogP contribution in [0.1, 0.15) is 23.0 Å². The Morgan fingerprint density at radius 1 is 0.900 bits per heavy atom. The van der Waals surface area contributed by atoms with Crippen LogP contribution >= 0.6 is 0 Å². The Kier molecular flexibility index (Phi) is 4.35. The highest BCUT2D eigenvalue weighted by atomic mass is 16.5. The van der Waals surface area contributed by atoms with Crippen molar-refractivity contribution in [3.63, 3.8) is 0 Å². The van der Waals surface area contributed by atoms with Crippen LogP contribution < -0.4 is 0 Å². The molecule has 0 aromatic heterocycles. The van der Waals surface area contributed by atoms with Crippen molar-refractivity contribution in [1.29, 1.82) is 0 Å². The molecule has 104 valence electrons. The summed E-state index contributed by atoms with van der Waals surface area (Å²) < 4.78 is 10.2. The fourth-order valence-electron chi connectivity index (χ4n) is 2.30. The molecule has 2 unspecified atom stereocenters. The van der Waals surface area contributed by atoms with Gasteiger partial charge in [0.05, 0.1) is 11.8 Å². The molecule has 2 aliphatic rings. The second-order valence-electron chi connectivity index (χ2n) is 4.46. The molecule has 1 aromatic carbocycles. The van der Waals surface area contributed by atoms with Gasteiger partial charge in [-0.15, -0.1) is 0 Å². The lowest BCUT2D eigenvalue weighted by Gasteiger charge is -2.29. The fraction of sp³-hybridized carbons (Fsp3) is 0.250. The van der Waals surface area contributed by atoms with Crippen molar-refractivity contribution < 1.29 is 19.1 Å². The highest BCUT2D eigenvalue weighted by molar-refractivity contribution is 5.91. The first-order chi connectivity index (χ1) is 9.69. The summed E-state index contributed by atoms with van der Waals surface area (Å²) in [6, 6.07) is 7.30. The lowest BCUT2D eigenvalue weighted by atomic mass is 9.76. The molecule has 4 nitrogen and oxygen atoms in total. The van der Waals surface area contributed by atoms with Gasteiger partial charge in [0, 0.05) is 0 Å². The van der Waals surface area contributed by atoms with Crippen LogP contribution in [0.3, 0.4) is 0 Å². The van der Waals surface area contributed by atoms with Crippen molar-refractivity contribution in [3.8, 4) is 0 Å². The number of hydrogen-bond donors (Lipinski definition) is 0. The first-order valence-corrected chi connectivity index (χ1v) is 6.34. The zero-order valence-corrected chi connectivity index (χ0v) is 11.1. The summed E-state index contributed by atoms with van der Waals surface area (Å²) in [5, 5.41) is 0. The Morgan fingerprint density at radius 3 is 1.55 bits per heavy atom. The third kappa shape index (κ3) is 2.64. The second kappa shape index (κ2) is 6.19. The van der Waals surface area contributed by atoms with E-state index in [4.69, 9.17) is 9.47 Å². The maximum Gasteiger partial charge on any atom is 0.314 e. The summed E-state index contributed by atoms with van der Waals surface area (Å²) in [7, 11) is 0. The standard InChI is InChI=1S/C16H16O4/c1-3-9-19-15(17)13-11-5-7-12(8-6-11)14(13)16(18)20-10-4-2/h3-8,13-14H,1-2,9-10H2. The molecule has 0 heterocycles. The predicted molar refractivity (Wildman–Crippen MR) is 74.2 cm³/mol. The van der Waals surface area contributed by atoms with E-state index in [9.17, 15) is 9.59 Å². The highest BCUT2D eigenvalue weighted by Gasteiger charge is 2.41. The molecule has 0 saturated heterocycles. The van der Waals surface area contributed by atoms with Gasteiger partial charge in [0.15, 0.2) is 0 Å². The third-order valence-corrected chi connectivity index (χ3v) is 3.18. The van der Waals surface area contributed by atoms with E-state index in [1.807, 2.05) is 24.3 Å². The number of benzene rings is 1. The molecule has 1 aromatic rings. The molecule has 3 rings (SSSR count). The topological polar surface area (TPSA) is 52.6 Å². The maximum absolute atomic E-state index is 12.1. The zero-order chi connectivity index (χ0) is 14.5. The van der Waals surface area contributed by atoms with Gasteiger partial charge in [-0.05, 0) is 11.1 Å². The number of carbonyl (C=O) groups excluding carboxylic acids is 2. The number of fused-ring (bicyclic) bond motifs is 3. The van der Waals surface area contributed by atoms with Crippen molar-refractivity contribution in [2.24, 2.45) is 0 Å². The molecule has 0 fully saturated rings. The molecule has 2 atom stereocenters. The Labute approximate surface area is 117 Å². The minimum absolute atomic E-state index is 0.125. The molecule has 0 N–H and O–H groups in total. The monoisotopic (exact) mass is 272 g/mol. The molecule has 4 heteroatoms. The molecular formula is C16H16O4. The van der Waals surface area contributed by atoms with Crippen LogP contribution in [0.25, 0.3) is 0 Å². The summed E-state index contributed by atoms with van der Waals surface area (Å²) in [5.74, 6) is -2.16. The molecule has 20 heavy (non-hydrogen) atoms. The molecular weight excluding hydrogens is 256 g/mol. The van der Waals surface area contributed by atoms with Gasteiger partial charge >= 0.3 is 11.9 Å². The minimum atomic E-state index is -0.641. The van der Waals surface area contributed by atoms with Crippen LogP contribution in [0, 0.1) is 0 Å². The van der Waals surface area contributed by atoms with Gasteiger partial charge < -0.3 is 9.47 Å². The summed E-state index contributed by atoms with van der Waals surface area (Å²) in [4.78, 5) is 24.3. The van der Waals surface area contributed by atoms with E-state index in [0.717, 1.165) is 11.1 Å². The van der Waals surface area contributed by atoms with Gasteiger partial charge in [0.25, 0.3) is 0 Å². The Balaban J connectivity index is 2.23. The lowest BCUT2D eigenvalue weighted by Crippen LogP contribution is -2.32. The molecule has 0 radical (unpaired) electrons. The van der Waals surface area contributed by atoms with Crippen LogP contribution in [0.15, 0.2) is 49.6 Å². The number of hydrogen-bond acceptors (Lipinski definition) is 4. The van der Waals surface area contributed by atoms with Crippen molar-refractivity contribution in [1.82, 2.24) is 0 Å². The molecule has 0 amide bonds. The molecule has 0 spiro atoms. The summed E-state index contributed by atoms with van der Waals surface area (Å²) in [6.45, 7) is 7.25. The lowest BCUT2D eigenvalue weighted by molar-refractivity contribution is -0.153. The second-order valence-corrected chi connectivity index (χ2v) is 4.46. The minimum Gasteiger partial charge on any atom is -0.461 e. The molecule has 0 aliphatic heterocycles. The first-order valence-electron chi connectivity index (χ1n) is 6.34. The Bertz CT molecular complexity index is 481. The van der Waals surface area contributed by atoms with Crippen molar-refractivity contribution >= 4 is 11.9 Å². The van der Waals surface area contributed by atoms with Gasteiger partial charge in [-0.2, -0.15) is 0 Å². The molecule has 0 saturated carbocycles. The van der Waals surface area contributed by atoms with Gasteiger partial charge in [-0.25, -0.2) is 0 Å². The predicted octanol–water partition coefficient (Wildman–Crippen LogP) is 2.33. The summed E-state index contributed by atoms with van der Waals surface area (Å²) in [6.07, 6.45) is 2.99. The fourth-order valence-corrected chi connectivity index (χ4v) is 2.30. The highest BCUT2D eigenvalue weighted by Crippen LogP contribution is 2.40. The van der Waals surface area contributed by atoms with Crippen molar-refractivity contribution in [2.45, 2.75) is 11.8 Å². The number of rotatable bonds is 6. The van der Waals surface area contributed by atoms with E-state index >= 15 is 0 Å². The molecule has 2 bridgehead atoms. The average molecular weight is 272 g/mol. The zero-order valence-electron chi connectivity index (χ0n) is 11.1. The van der Waals surface area contributed by atoms with Crippen LogP contribution in [-0.2, 0) is 19.1 Å². The number of ether oxygens (including phenoxy) is 2. The largest absolute Gasteiger partial charge is 0.461 e. The first kappa shape index (κ1) is 14.1. The van der Waals surface area contributed by atoms with Gasteiger partial charge in [-0.3, -0.25) is 9.59 Å². The van der Waals surface area contributed by atoms with Crippen LogP contribution in [0.4, 0.5) is 0 Å². The Hall–Kier alpha value is -2.36. The molecule has 2 aliphatic carbocycles. The Morgan fingerprint density at radius 2 is 1.25 bits per heavy atom. The third-order valence-electron chi connectivity index (χ3n) is 3.18. The van der Waals surface area contributed by atoms with E-state index in [-0.39, 0.29) is 13.2 Å². The van der Waals surface area contributed by atoms with Gasteiger partial charge in [0.1, 0.15) is 13.2 Å². The van der Waals surface area contributed by atoms with Crippen LogP contribution in [0.5, 0.6) is 0 Å². The summed E-state index contributed by atoms with van der Waals surface area (Å²) >= 11 is 0. The van der Waals surface area contributed by atoms with E-state index in [2.05, 4.69) is 13.2 Å². The number of esters is 2. The van der Waals surface area contributed by atoms with Crippen LogP contribution in [0.2, 0.25) is 0 Å². The van der Waals surface area contributed by atoms with Crippen LogP contribution in [-0.4, -0.2) is 25.2 Å². The average Bonchev–Trinajstić information content (AvgIpc) is 2.50. The maximum atomic E-state index is 12.1. The van der Waals surface area contributed by atoms with Gasteiger partial charge in [-0.1, -0.05) is 49.6 Å². The quantitative estimate of drug-likeness (QED) is 0.589. The van der Waals surface area contributed by atoms with Crippen molar-refractivity contribution in [3.05, 3.63) is 60.7 Å². The van der Waals surface area contributed by atoms with E-state index in [0.29, 0.717) is 0 Å². The van der Waals surface area contributed by atoms with Crippen molar-refractivity contribution in [2.75, 3.05) is 13.2 Å². The number of carbonyl (C=O) groups is 2. The SMILES string of the molecule is C=CCOC(=O)C1c2ccc(cc2)C1C(=O)OCC=C. The van der Waals surface area contributed by atoms with E-state index < -0.39 is 23.8 Å². The summed E-state index contributed by atoms with van der Waals surface area (Å²) in [5.41, 5.74) is 1.52. The smallest absolute Gasteiger partial charge is 0.314 e.